The fourth-order valence-electron chi connectivity index (χ4n) is 4.79. The zero-order chi connectivity index (χ0) is 27.6. The molecule has 0 bridgehead atoms. The van der Waals surface area contributed by atoms with E-state index in [0.29, 0.717) is 61.4 Å². The summed E-state index contributed by atoms with van der Waals surface area (Å²) < 4.78 is 7.51. The summed E-state index contributed by atoms with van der Waals surface area (Å²) >= 11 is 5.97. The number of piperazine rings is 1. The van der Waals surface area contributed by atoms with E-state index in [2.05, 4.69) is 16.9 Å². The molecular formula is C30H38ClN5O3. The highest BCUT2D eigenvalue weighted by Crippen LogP contribution is 2.26. The minimum absolute atomic E-state index is 0.0780. The average Bonchev–Trinajstić information content (AvgIpc) is 2.97. The number of nitrogens with zero attached hydrogens (tertiary/aromatic N) is 4. The summed E-state index contributed by atoms with van der Waals surface area (Å²) in [6.07, 6.45) is 7.65. The molecule has 4 rings (SSSR count). The Balaban J connectivity index is 1.44. The van der Waals surface area contributed by atoms with Gasteiger partial charge in [-0.3, -0.25) is 9.59 Å². The lowest BCUT2D eigenvalue weighted by atomic mass is 10.1. The molecule has 2 aromatic carbocycles. The molecule has 1 saturated heterocycles. The Morgan fingerprint density at radius 3 is 2.38 bits per heavy atom. The van der Waals surface area contributed by atoms with Crippen molar-refractivity contribution in [2.75, 3.05) is 37.7 Å². The molecule has 1 aliphatic rings. The van der Waals surface area contributed by atoms with Gasteiger partial charge in [-0.2, -0.15) is 9.78 Å². The number of nitrogens with two attached hydrogens (primary N) is 1. The lowest BCUT2D eigenvalue weighted by Crippen LogP contribution is -2.54. The molecule has 1 atom stereocenters. The van der Waals surface area contributed by atoms with Crippen molar-refractivity contribution >= 4 is 23.2 Å². The molecule has 3 aromatic rings. The number of carbonyl (C=O) groups excluding carboxylic acids is 1. The number of carbonyl (C=O) groups is 1. The molecular weight excluding hydrogens is 514 g/mol. The van der Waals surface area contributed by atoms with E-state index in [1.807, 2.05) is 42.5 Å². The quantitative estimate of drug-likeness (QED) is 0.334. The molecule has 8 nitrogen and oxygen atoms in total. The van der Waals surface area contributed by atoms with Crippen LogP contribution >= 0.6 is 11.6 Å². The summed E-state index contributed by atoms with van der Waals surface area (Å²) in [5.74, 6) is 0.231. The highest BCUT2D eigenvalue weighted by atomic mass is 35.5. The second-order valence-corrected chi connectivity index (χ2v) is 10.4. The molecule has 1 fully saturated rings. The standard InChI is InChI=1S/C30H38ClN5O3/c1-2-3-4-5-9-20-39-28-27(22-33-36(30(28)38)25-10-7-6-8-11-25)34-16-18-35(19-17-34)29(37)26(32)21-23-12-14-24(31)15-13-23/h6-8,10-15,22,26H,2-5,9,16-21,32H2,1H3/t26-/m1/s1. The molecule has 1 aromatic heterocycles. The Morgan fingerprint density at radius 1 is 1.00 bits per heavy atom. The summed E-state index contributed by atoms with van der Waals surface area (Å²) in [5, 5.41) is 5.11. The Morgan fingerprint density at radius 2 is 1.69 bits per heavy atom. The maximum atomic E-state index is 13.5. The van der Waals surface area contributed by atoms with E-state index in [0.717, 1.165) is 24.8 Å². The van der Waals surface area contributed by atoms with Crippen LogP contribution in [0.5, 0.6) is 5.75 Å². The number of aromatic nitrogens is 2. The van der Waals surface area contributed by atoms with Crippen molar-refractivity contribution in [3.05, 3.63) is 81.7 Å². The molecule has 0 spiro atoms. The molecule has 0 saturated carbocycles. The normalized spacial score (nSPS) is 14.3. The van der Waals surface area contributed by atoms with Gasteiger partial charge in [-0.1, -0.05) is 74.5 Å². The van der Waals surface area contributed by atoms with E-state index in [1.54, 1.807) is 23.2 Å². The van der Waals surface area contributed by atoms with Gasteiger partial charge in [0.15, 0.2) is 0 Å². The number of hydrogen-bond acceptors (Lipinski definition) is 6. The van der Waals surface area contributed by atoms with Crippen molar-refractivity contribution < 1.29 is 9.53 Å². The molecule has 2 N–H and O–H groups in total. The van der Waals surface area contributed by atoms with E-state index in [4.69, 9.17) is 22.1 Å². The number of halogens is 1. The minimum atomic E-state index is -0.624. The lowest BCUT2D eigenvalue weighted by Gasteiger charge is -2.37. The summed E-state index contributed by atoms with van der Waals surface area (Å²) in [5.41, 5.74) is 8.31. The van der Waals surface area contributed by atoms with Crippen LogP contribution in [0.15, 0.2) is 65.6 Å². The number of para-hydroxylation sites is 1. The van der Waals surface area contributed by atoms with E-state index in [1.165, 1.54) is 17.5 Å². The van der Waals surface area contributed by atoms with Crippen LogP contribution in [-0.2, 0) is 11.2 Å². The van der Waals surface area contributed by atoms with Crippen LogP contribution in [0.4, 0.5) is 5.69 Å². The molecule has 9 heteroatoms. The molecule has 0 radical (unpaired) electrons. The number of hydrogen-bond donors (Lipinski definition) is 1. The number of unbranched alkanes of at least 4 members (excludes halogenated alkanes) is 4. The highest BCUT2D eigenvalue weighted by Gasteiger charge is 2.28. The number of rotatable bonds is 12. The van der Waals surface area contributed by atoms with Crippen molar-refractivity contribution in [3.8, 4) is 11.4 Å². The van der Waals surface area contributed by atoms with Crippen LogP contribution in [0.3, 0.4) is 0 Å². The van der Waals surface area contributed by atoms with Crippen LogP contribution in [0.2, 0.25) is 5.02 Å². The van der Waals surface area contributed by atoms with Gasteiger partial charge in [0.2, 0.25) is 11.7 Å². The number of ether oxygens (including phenoxy) is 1. The smallest absolute Gasteiger partial charge is 0.316 e. The Hall–Kier alpha value is -3.36. The summed E-state index contributed by atoms with van der Waals surface area (Å²) in [7, 11) is 0. The first-order valence-electron chi connectivity index (χ1n) is 13.8. The highest BCUT2D eigenvalue weighted by molar-refractivity contribution is 6.30. The van der Waals surface area contributed by atoms with Gasteiger partial charge in [-0.15, -0.1) is 0 Å². The largest absolute Gasteiger partial charge is 0.486 e. The fraction of sp³-hybridized carbons (Fsp3) is 0.433. The van der Waals surface area contributed by atoms with Crippen LogP contribution < -0.4 is 20.9 Å². The molecule has 0 unspecified atom stereocenters. The Labute approximate surface area is 235 Å². The van der Waals surface area contributed by atoms with Gasteiger partial charge >= 0.3 is 5.56 Å². The maximum Gasteiger partial charge on any atom is 0.316 e. The molecule has 39 heavy (non-hydrogen) atoms. The van der Waals surface area contributed by atoms with Gasteiger partial charge in [0.1, 0.15) is 5.69 Å². The second-order valence-electron chi connectivity index (χ2n) is 9.92. The summed E-state index contributed by atoms with van der Waals surface area (Å²) in [4.78, 5) is 30.4. The van der Waals surface area contributed by atoms with Crippen molar-refractivity contribution in [3.63, 3.8) is 0 Å². The van der Waals surface area contributed by atoms with E-state index < -0.39 is 6.04 Å². The number of anilines is 1. The average molecular weight is 552 g/mol. The van der Waals surface area contributed by atoms with Gasteiger partial charge < -0.3 is 20.3 Å². The van der Waals surface area contributed by atoms with Crippen molar-refractivity contribution in [1.29, 1.82) is 0 Å². The minimum Gasteiger partial charge on any atom is -0.486 e. The molecule has 2 heterocycles. The third-order valence-electron chi connectivity index (χ3n) is 7.03. The van der Waals surface area contributed by atoms with Crippen LogP contribution in [-0.4, -0.2) is 59.4 Å². The third-order valence-corrected chi connectivity index (χ3v) is 7.28. The third kappa shape index (κ3) is 7.61. The summed E-state index contributed by atoms with van der Waals surface area (Å²) in [6.45, 7) is 4.79. The van der Waals surface area contributed by atoms with Gasteiger partial charge in [0.25, 0.3) is 0 Å². The van der Waals surface area contributed by atoms with Crippen LogP contribution in [0.1, 0.15) is 44.6 Å². The first-order chi connectivity index (χ1) is 19.0. The fourth-order valence-corrected chi connectivity index (χ4v) is 4.91. The van der Waals surface area contributed by atoms with Gasteiger partial charge in [-0.05, 0) is 42.7 Å². The summed E-state index contributed by atoms with van der Waals surface area (Å²) in [6, 6.07) is 16.1. The van der Waals surface area contributed by atoms with Crippen molar-refractivity contribution in [2.24, 2.45) is 5.73 Å². The predicted octanol–water partition coefficient (Wildman–Crippen LogP) is 4.45. The van der Waals surface area contributed by atoms with Gasteiger partial charge in [0.05, 0.1) is 24.5 Å². The predicted molar refractivity (Wildman–Crippen MR) is 156 cm³/mol. The van der Waals surface area contributed by atoms with Crippen LogP contribution in [0.25, 0.3) is 5.69 Å². The van der Waals surface area contributed by atoms with Crippen molar-refractivity contribution in [2.45, 2.75) is 51.5 Å². The van der Waals surface area contributed by atoms with E-state index in [-0.39, 0.29) is 11.5 Å². The van der Waals surface area contributed by atoms with E-state index >= 15 is 0 Å². The first-order valence-corrected chi connectivity index (χ1v) is 14.2. The van der Waals surface area contributed by atoms with Crippen molar-refractivity contribution in [1.82, 2.24) is 14.7 Å². The zero-order valence-electron chi connectivity index (χ0n) is 22.6. The number of amides is 1. The topological polar surface area (TPSA) is 93.7 Å². The maximum absolute atomic E-state index is 13.5. The Bertz CT molecular complexity index is 1260. The molecule has 1 amide bonds. The SMILES string of the molecule is CCCCCCCOc1c(N2CCN(C(=O)[C@H](N)Cc3ccc(Cl)cc3)CC2)cnn(-c2ccccc2)c1=O. The van der Waals surface area contributed by atoms with E-state index in [9.17, 15) is 9.59 Å². The molecule has 0 aliphatic carbocycles. The molecule has 1 aliphatic heterocycles. The Kier molecular flexibility index (Phi) is 10.4. The van der Waals surface area contributed by atoms with Gasteiger partial charge in [-0.25, -0.2) is 0 Å². The monoisotopic (exact) mass is 551 g/mol. The second kappa shape index (κ2) is 14.1. The molecule has 208 valence electrons. The first kappa shape index (κ1) is 28.6. The van der Waals surface area contributed by atoms with Gasteiger partial charge in [0, 0.05) is 31.2 Å². The zero-order valence-corrected chi connectivity index (χ0v) is 23.4. The van der Waals surface area contributed by atoms with Crippen LogP contribution in [0, 0.1) is 0 Å². The lowest BCUT2D eigenvalue weighted by molar-refractivity contribution is -0.132. The number of benzene rings is 2.